The molecule has 94 valence electrons. The SMILES string of the molecule is COCCC(C)N1CCCC(NC2CC2)C1. The summed E-state index contributed by atoms with van der Waals surface area (Å²) in [5, 5.41) is 3.76. The molecule has 0 amide bonds. The molecule has 1 aliphatic carbocycles. The van der Waals surface area contributed by atoms with Gasteiger partial charge in [0.15, 0.2) is 0 Å². The molecule has 1 N–H and O–H groups in total. The predicted molar refractivity (Wildman–Crippen MR) is 66.7 cm³/mol. The van der Waals surface area contributed by atoms with E-state index >= 15 is 0 Å². The Kier molecular flexibility index (Phi) is 4.62. The van der Waals surface area contributed by atoms with Crippen LogP contribution in [0.25, 0.3) is 0 Å². The summed E-state index contributed by atoms with van der Waals surface area (Å²) < 4.78 is 5.16. The number of likely N-dealkylation sites (tertiary alicyclic amines) is 1. The van der Waals surface area contributed by atoms with Crippen LogP contribution >= 0.6 is 0 Å². The van der Waals surface area contributed by atoms with Crippen LogP contribution in [0.3, 0.4) is 0 Å². The summed E-state index contributed by atoms with van der Waals surface area (Å²) in [4.78, 5) is 2.63. The van der Waals surface area contributed by atoms with E-state index in [1.807, 2.05) is 0 Å². The van der Waals surface area contributed by atoms with Gasteiger partial charge in [-0.3, -0.25) is 4.90 Å². The standard InChI is InChI=1S/C13H26N2O/c1-11(7-9-16-2)15-8-3-4-13(10-15)14-12-5-6-12/h11-14H,3-10H2,1-2H3. The average Bonchev–Trinajstić information content (AvgIpc) is 3.10. The summed E-state index contributed by atoms with van der Waals surface area (Å²) in [6.07, 6.45) is 6.67. The van der Waals surface area contributed by atoms with E-state index in [4.69, 9.17) is 4.74 Å². The zero-order chi connectivity index (χ0) is 11.4. The molecule has 1 saturated heterocycles. The van der Waals surface area contributed by atoms with Crippen LogP contribution in [0.2, 0.25) is 0 Å². The lowest BCUT2D eigenvalue weighted by atomic mass is 10.0. The molecule has 0 bridgehead atoms. The number of piperidine rings is 1. The van der Waals surface area contributed by atoms with Crippen LogP contribution in [0.4, 0.5) is 0 Å². The number of nitrogens with one attached hydrogen (secondary N) is 1. The molecule has 2 rings (SSSR count). The lowest BCUT2D eigenvalue weighted by Crippen LogP contribution is -2.49. The van der Waals surface area contributed by atoms with Crippen LogP contribution in [-0.2, 0) is 4.74 Å². The van der Waals surface area contributed by atoms with Gasteiger partial charge in [0.1, 0.15) is 0 Å². The molecule has 16 heavy (non-hydrogen) atoms. The normalized spacial score (nSPS) is 29.2. The van der Waals surface area contributed by atoms with Crippen molar-refractivity contribution in [3.05, 3.63) is 0 Å². The van der Waals surface area contributed by atoms with Gasteiger partial charge in [-0.25, -0.2) is 0 Å². The molecule has 2 fully saturated rings. The van der Waals surface area contributed by atoms with E-state index in [1.54, 1.807) is 7.11 Å². The van der Waals surface area contributed by atoms with Crippen molar-refractivity contribution in [2.45, 2.75) is 57.2 Å². The molecule has 1 saturated carbocycles. The van der Waals surface area contributed by atoms with Crippen LogP contribution in [0.5, 0.6) is 0 Å². The Balaban J connectivity index is 1.71. The maximum atomic E-state index is 5.16. The van der Waals surface area contributed by atoms with Gasteiger partial charge < -0.3 is 10.1 Å². The first-order chi connectivity index (χ1) is 7.79. The van der Waals surface area contributed by atoms with Gasteiger partial charge in [0.05, 0.1) is 0 Å². The maximum Gasteiger partial charge on any atom is 0.0477 e. The van der Waals surface area contributed by atoms with Crippen LogP contribution in [-0.4, -0.2) is 49.8 Å². The zero-order valence-corrected chi connectivity index (χ0v) is 10.7. The van der Waals surface area contributed by atoms with Crippen molar-refractivity contribution >= 4 is 0 Å². The topological polar surface area (TPSA) is 24.5 Å². The van der Waals surface area contributed by atoms with Crippen molar-refractivity contribution in [1.82, 2.24) is 10.2 Å². The molecule has 2 atom stereocenters. The van der Waals surface area contributed by atoms with Gasteiger partial charge in [0, 0.05) is 38.4 Å². The first-order valence-electron chi connectivity index (χ1n) is 6.78. The van der Waals surface area contributed by atoms with Gasteiger partial charge in [-0.2, -0.15) is 0 Å². The fraction of sp³-hybridized carbons (Fsp3) is 1.00. The second-order valence-electron chi connectivity index (χ2n) is 5.41. The fourth-order valence-electron chi connectivity index (χ4n) is 2.60. The van der Waals surface area contributed by atoms with Crippen molar-refractivity contribution < 1.29 is 4.74 Å². The van der Waals surface area contributed by atoms with Crippen molar-refractivity contribution in [2.75, 3.05) is 26.8 Å². The van der Waals surface area contributed by atoms with Crippen LogP contribution < -0.4 is 5.32 Å². The third kappa shape index (κ3) is 3.72. The molecule has 0 radical (unpaired) electrons. The van der Waals surface area contributed by atoms with Gasteiger partial charge >= 0.3 is 0 Å². The Morgan fingerprint density at radius 3 is 2.81 bits per heavy atom. The summed E-state index contributed by atoms with van der Waals surface area (Å²) in [7, 11) is 1.79. The summed E-state index contributed by atoms with van der Waals surface area (Å²) in [6, 6.07) is 2.26. The average molecular weight is 226 g/mol. The van der Waals surface area contributed by atoms with E-state index < -0.39 is 0 Å². The van der Waals surface area contributed by atoms with E-state index in [1.165, 1.54) is 38.8 Å². The number of nitrogens with zero attached hydrogens (tertiary/aromatic N) is 1. The molecule has 3 heteroatoms. The van der Waals surface area contributed by atoms with E-state index in [9.17, 15) is 0 Å². The van der Waals surface area contributed by atoms with Crippen LogP contribution in [0, 0.1) is 0 Å². The Hall–Kier alpha value is -0.120. The van der Waals surface area contributed by atoms with Gasteiger partial charge in [0.2, 0.25) is 0 Å². The molecule has 0 aromatic rings. The highest BCUT2D eigenvalue weighted by molar-refractivity contribution is 4.88. The van der Waals surface area contributed by atoms with Gasteiger partial charge in [0.25, 0.3) is 0 Å². The molecular weight excluding hydrogens is 200 g/mol. The Morgan fingerprint density at radius 1 is 1.31 bits per heavy atom. The quantitative estimate of drug-likeness (QED) is 0.745. The van der Waals surface area contributed by atoms with Crippen LogP contribution in [0.1, 0.15) is 39.0 Å². The van der Waals surface area contributed by atoms with Gasteiger partial charge in [-0.05, 0) is 45.6 Å². The predicted octanol–water partition coefficient (Wildman–Crippen LogP) is 1.63. The van der Waals surface area contributed by atoms with Crippen molar-refractivity contribution in [1.29, 1.82) is 0 Å². The Labute approximate surface area is 99.5 Å². The summed E-state index contributed by atoms with van der Waals surface area (Å²) in [6.45, 7) is 5.73. The molecule has 0 spiro atoms. The molecule has 1 heterocycles. The zero-order valence-electron chi connectivity index (χ0n) is 10.7. The van der Waals surface area contributed by atoms with Gasteiger partial charge in [-0.1, -0.05) is 0 Å². The third-order valence-corrected chi connectivity index (χ3v) is 3.86. The lowest BCUT2D eigenvalue weighted by Gasteiger charge is -2.37. The first-order valence-corrected chi connectivity index (χ1v) is 6.78. The van der Waals surface area contributed by atoms with E-state index in [2.05, 4.69) is 17.1 Å². The largest absolute Gasteiger partial charge is 0.385 e. The highest BCUT2D eigenvalue weighted by Crippen LogP contribution is 2.22. The second kappa shape index (κ2) is 5.99. The number of methoxy groups -OCH3 is 1. The number of ether oxygens (including phenoxy) is 1. The molecule has 2 unspecified atom stereocenters. The second-order valence-corrected chi connectivity index (χ2v) is 5.41. The molecule has 0 aromatic heterocycles. The minimum atomic E-state index is 0.670. The molecule has 3 nitrogen and oxygen atoms in total. The fourth-order valence-corrected chi connectivity index (χ4v) is 2.60. The molecular formula is C13H26N2O. The smallest absolute Gasteiger partial charge is 0.0477 e. The third-order valence-electron chi connectivity index (χ3n) is 3.86. The minimum absolute atomic E-state index is 0.670. The number of rotatable bonds is 6. The van der Waals surface area contributed by atoms with Crippen LogP contribution in [0.15, 0.2) is 0 Å². The molecule has 2 aliphatic rings. The van der Waals surface area contributed by atoms with E-state index in [0.29, 0.717) is 6.04 Å². The highest BCUT2D eigenvalue weighted by atomic mass is 16.5. The highest BCUT2D eigenvalue weighted by Gasteiger charge is 2.28. The van der Waals surface area contributed by atoms with Crippen molar-refractivity contribution in [3.8, 4) is 0 Å². The molecule has 0 aromatic carbocycles. The lowest BCUT2D eigenvalue weighted by molar-refractivity contribution is 0.109. The van der Waals surface area contributed by atoms with E-state index in [0.717, 1.165) is 25.1 Å². The van der Waals surface area contributed by atoms with E-state index in [-0.39, 0.29) is 0 Å². The molecule has 1 aliphatic heterocycles. The maximum absolute atomic E-state index is 5.16. The Morgan fingerprint density at radius 2 is 2.12 bits per heavy atom. The number of hydrogen-bond acceptors (Lipinski definition) is 3. The summed E-state index contributed by atoms with van der Waals surface area (Å²) >= 11 is 0. The minimum Gasteiger partial charge on any atom is -0.385 e. The Bertz CT molecular complexity index is 206. The van der Waals surface area contributed by atoms with Crippen molar-refractivity contribution in [2.24, 2.45) is 0 Å². The summed E-state index contributed by atoms with van der Waals surface area (Å²) in [5.41, 5.74) is 0. The summed E-state index contributed by atoms with van der Waals surface area (Å²) in [5.74, 6) is 0. The number of hydrogen-bond donors (Lipinski definition) is 1. The monoisotopic (exact) mass is 226 g/mol. The van der Waals surface area contributed by atoms with Gasteiger partial charge in [-0.15, -0.1) is 0 Å². The first kappa shape index (κ1) is 12.3. The van der Waals surface area contributed by atoms with Crippen molar-refractivity contribution in [3.63, 3.8) is 0 Å².